The molecule has 10 nitrogen and oxygen atoms in total. The van der Waals surface area contributed by atoms with Crippen molar-refractivity contribution in [1.29, 1.82) is 0 Å². The average Bonchev–Trinajstić information content (AvgIpc) is 2.73. The number of hydrogen-bond acceptors (Lipinski definition) is 8. The second kappa shape index (κ2) is 10.1. The van der Waals surface area contributed by atoms with Gasteiger partial charge in [-0.2, -0.15) is 0 Å². The maximum atomic E-state index is 12.6. The molecule has 0 spiro atoms. The van der Waals surface area contributed by atoms with Crippen molar-refractivity contribution in [3.05, 3.63) is 52.1 Å². The highest BCUT2D eigenvalue weighted by Gasteiger charge is 2.28. The van der Waals surface area contributed by atoms with Crippen LogP contribution in [0, 0.1) is 10.1 Å². The summed E-state index contributed by atoms with van der Waals surface area (Å²) >= 11 is 0. The molecule has 1 N–H and O–H groups in total. The molecule has 0 bridgehead atoms. The molecule has 0 aliphatic carbocycles. The van der Waals surface area contributed by atoms with E-state index in [1.165, 1.54) is 21.1 Å². The maximum absolute atomic E-state index is 12.6. The molecule has 0 saturated carbocycles. The zero-order valence-electron chi connectivity index (χ0n) is 17.0. The fourth-order valence-electron chi connectivity index (χ4n) is 2.55. The monoisotopic (exact) mass is 418 g/mol. The van der Waals surface area contributed by atoms with Crippen LogP contribution < -0.4 is 19.5 Å². The first kappa shape index (κ1) is 22.5. The van der Waals surface area contributed by atoms with E-state index in [0.29, 0.717) is 11.4 Å². The number of methoxy groups -OCH3 is 2. The summed E-state index contributed by atoms with van der Waals surface area (Å²) in [5.74, 6) is -1.01. The zero-order chi connectivity index (χ0) is 22.3. The van der Waals surface area contributed by atoms with Crippen LogP contribution in [0.15, 0.2) is 36.4 Å². The number of anilines is 1. The van der Waals surface area contributed by atoms with Crippen LogP contribution in [0.1, 0.15) is 24.2 Å². The van der Waals surface area contributed by atoms with Gasteiger partial charge in [0.1, 0.15) is 11.3 Å². The predicted octanol–water partition coefficient (Wildman–Crippen LogP) is 3.19. The molecule has 2 aromatic rings. The van der Waals surface area contributed by atoms with Gasteiger partial charge in [0, 0.05) is 6.07 Å². The number of nitrogens with one attached hydrogen (secondary N) is 1. The molecule has 1 amide bonds. The van der Waals surface area contributed by atoms with Gasteiger partial charge in [0.25, 0.3) is 11.6 Å². The number of hydrogen-bond donors (Lipinski definition) is 1. The SMILES string of the molecule is CCOc1cc([N+](=O)[O-])c(C(=O)O[C@H](C)C(=O)Nc2ccccc2OC)cc1OC. The lowest BCUT2D eigenvalue weighted by Gasteiger charge is -2.16. The van der Waals surface area contributed by atoms with E-state index in [-0.39, 0.29) is 23.7 Å². The summed E-state index contributed by atoms with van der Waals surface area (Å²) in [7, 11) is 2.79. The number of nitro groups is 1. The minimum absolute atomic E-state index is 0.116. The Morgan fingerprint density at radius 2 is 1.77 bits per heavy atom. The summed E-state index contributed by atoms with van der Waals surface area (Å²) in [5, 5.41) is 14.0. The van der Waals surface area contributed by atoms with Gasteiger partial charge in [-0.3, -0.25) is 14.9 Å². The van der Waals surface area contributed by atoms with Crippen LogP contribution in [0.3, 0.4) is 0 Å². The molecule has 0 saturated heterocycles. The molecule has 1 atom stereocenters. The highest BCUT2D eigenvalue weighted by atomic mass is 16.6. The lowest BCUT2D eigenvalue weighted by Crippen LogP contribution is -2.30. The Balaban J connectivity index is 2.23. The van der Waals surface area contributed by atoms with Crippen LogP contribution in [-0.2, 0) is 9.53 Å². The molecule has 0 unspecified atom stereocenters. The number of nitrogens with zero attached hydrogens (tertiary/aromatic N) is 1. The van der Waals surface area contributed by atoms with Crippen molar-refractivity contribution in [2.45, 2.75) is 20.0 Å². The normalized spacial score (nSPS) is 11.2. The van der Waals surface area contributed by atoms with Gasteiger partial charge < -0.3 is 24.3 Å². The summed E-state index contributed by atoms with van der Waals surface area (Å²) in [5.41, 5.74) is -0.500. The highest BCUT2D eigenvalue weighted by Crippen LogP contribution is 2.35. The number of carbonyl (C=O) groups excluding carboxylic acids is 2. The molecular formula is C20H22N2O8. The Morgan fingerprint density at radius 1 is 1.10 bits per heavy atom. The third kappa shape index (κ3) is 5.16. The van der Waals surface area contributed by atoms with Gasteiger partial charge in [-0.25, -0.2) is 4.79 Å². The Morgan fingerprint density at radius 3 is 2.37 bits per heavy atom. The number of ether oxygens (including phenoxy) is 4. The first-order valence-corrected chi connectivity index (χ1v) is 8.96. The van der Waals surface area contributed by atoms with Gasteiger partial charge in [-0.1, -0.05) is 12.1 Å². The van der Waals surface area contributed by atoms with Crippen LogP contribution in [0.25, 0.3) is 0 Å². The van der Waals surface area contributed by atoms with Crippen LogP contribution >= 0.6 is 0 Å². The second-order valence-corrected chi connectivity index (χ2v) is 5.95. The van der Waals surface area contributed by atoms with E-state index >= 15 is 0 Å². The number of nitro benzene ring substituents is 1. The van der Waals surface area contributed by atoms with Gasteiger partial charge in [-0.15, -0.1) is 0 Å². The number of para-hydroxylation sites is 2. The van der Waals surface area contributed by atoms with Crippen molar-refractivity contribution in [3.63, 3.8) is 0 Å². The van der Waals surface area contributed by atoms with E-state index in [1.54, 1.807) is 31.2 Å². The molecule has 160 valence electrons. The Hall–Kier alpha value is -3.82. The van der Waals surface area contributed by atoms with Crippen molar-refractivity contribution in [2.24, 2.45) is 0 Å². The topological polar surface area (TPSA) is 126 Å². The Labute approximate surface area is 172 Å². The quantitative estimate of drug-likeness (QED) is 0.374. The molecule has 10 heteroatoms. The lowest BCUT2D eigenvalue weighted by atomic mass is 10.1. The molecule has 30 heavy (non-hydrogen) atoms. The molecule has 0 aliphatic heterocycles. The third-order valence-corrected chi connectivity index (χ3v) is 4.02. The minimum atomic E-state index is -1.24. The maximum Gasteiger partial charge on any atom is 0.346 e. The van der Waals surface area contributed by atoms with E-state index in [4.69, 9.17) is 18.9 Å². The molecule has 2 rings (SSSR count). The van der Waals surface area contributed by atoms with Crippen molar-refractivity contribution < 1.29 is 33.5 Å². The number of benzene rings is 2. The van der Waals surface area contributed by atoms with Crippen LogP contribution in [0.2, 0.25) is 0 Å². The van der Waals surface area contributed by atoms with Gasteiger partial charge in [0.05, 0.1) is 37.5 Å². The molecule has 0 aliphatic rings. The van der Waals surface area contributed by atoms with Gasteiger partial charge >= 0.3 is 5.97 Å². The molecule has 0 fully saturated rings. The van der Waals surface area contributed by atoms with Crippen LogP contribution in [0.5, 0.6) is 17.2 Å². The van der Waals surface area contributed by atoms with Crippen LogP contribution in [-0.4, -0.2) is 43.7 Å². The summed E-state index contributed by atoms with van der Waals surface area (Å²) < 4.78 is 20.7. The highest BCUT2D eigenvalue weighted by molar-refractivity contribution is 6.00. The number of amides is 1. The van der Waals surface area contributed by atoms with Gasteiger partial charge in [0.2, 0.25) is 0 Å². The first-order chi connectivity index (χ1) is 14.3. The largest absolute Gasteiger partial charge is 0.495 e. The van der Waals surface area contributed by atoms with E-state index in [2.05, 4.69) is 5.32 Å². The van der Waals surface area contributed by atoms with E-state index < -0.39 is 28.6 Å². The zero-order valence-corrected chi connectivity index (χ0v) is 17.0. The summed E-state index contributed by atoms with van der Waals surface area (Å²) in [6.07, 6.45) is -1.24. The van der Waals surface area contributed by atoms with Crippen molar-refractivity contribution >= 4 is 23.3 Å². The minimum Gasteiger partial charge on any atom is -0.495 e. The van der Waals surface area contributed by atoms with Gasteiger partial charge in [0.15, 0.2) is 17.6 Å². The molecule has 0 heterocycles. The summed E-state index contributed by atoms with van der Waals surface area (Å²) in [6, 6.07) is 8.94. The fraction of sp³-hybridized carbons (Fsp3) is 0.300. The lowest BCUT2D eigenvalue weighted by molar-refractivity contribution is -0.385. The van der Waals surface area contributed by atoms with E-state index in [9.17, 15) is 19.7 Å². The number of carbonyl (C=O) groups is 2. The predicted molar refractivity (Wildman–Crippen MR) is 107 cm³/mol. The molecular weight excluding hydrogens is 396 g/mol. The average molecular weight is 418 g/mol. The fourth-order valence-corrected chi connectivity index (χ4v) is 2.55. The van der Waals surface area contributed by atoms with Crippen molar-refractivity contribution in [3.8, 4) is 17.2 Å². The Bertz CT molecular complexity index is 944. The number of rotatable bonds is 9. The van der Waals surface area contributed by atoms with Crippen LogP contribution in [0.4, 0.5) is 11.4 Å². The van der Waals surface area contributed by atoms with E-state index in [0.717, 1.165) is 12.1 Å². The molecule has 2 aromatic carbocycles. The second-order valence-electron chi connectivity index (χ2n) is 5.95. The van der Waals surface area contributed by atoms with Crippen molar-refractivity contribution in [1.82, 2.24) is 0 Å². The van der Waals surface area contributed by atoms with Gasteiger partial charge in [-0.05, 0) is 26.0 Å². The standard InChI is InChI=1S/C20H22N2O8/c1-5-29-18-11-15(22(25)26)13(10-17(18)28-4)20(24)30-12(2)19(23)21-14-8-6-7-9-16(14)27-3/h6-12H,5H2,1-4H3,(H,21,23)/t12-/m1/s1. The summed E-state index contributed by atoms with van der Waals surface area (Å²) in [6.45, 7) is 3.30. The first-order valence-electron chi connectivity index (χ1n) is 8.96. The molecule has 0 radical (unpaired) electrons. The van der Waals surface area contributed by atoms with Crippen molar-refractivity contribution in [2.75, 3.05) is 26.1 Å². The third-order valence-electron chi connectivity index (χ3n) is 4.02. The summed E-state index contributed by atoms with van der Waals surface area (Å²) in [4.78, 5) is 35.7. The molecule has 0 aromatic heterocycles. The smallest absolute Gasteiger partial charge is 0.346 e. The van der Waals surface area contributed by atoms with E-state index in [1.807, 2.05) is 0 Å². The Kier molecular flexibility index (Phi) is 7.56. The number of esters is 1.